The molecular formula is C11H15N3O2. The minimum Gasteiger partial charge on any atom is -0.506 e. The molecule has 2 rings (SSSR count). The average Bonchev–Trinajstić information content (AvgIpc) is 2.67. The highest BCUT2D eigenvalue weighted by Crippen LogP contribution is 2.07. The van der Waals surface area contributed by atoms with Crippen LogP contribution in [0.3, 0.4) is 0 Å². The van der Waals surface area contributed by atoms with Crippen LogP contribution in [0.25, 0.3) is 0 Å². The molecule has 1 fully saturated rings. The number of carbonyl (C=O) groups excluding carboxylic acids is 1. The highest BCUT2D eigenvalue weighted by atomic mass is 16.3. The fourth-order valence-corrected chi connectivity index (χ4v) is 1.73. The lowest BCUT2D eigenvalue weighted by Crippen LogP contribution is -2.35. The number of aromatic hydroxyl groups is 1. The number of nitrogens with one attached hydrogen (secondary N) is 2. The highest BCUT2D eigenvalue weighted by Gasteiger charge is 2.19. The average molecular weight is 221 g/mol. The van der Waals surface area contributed by atoms with E-state index in [0.717, 1.165) is 18.7 Å². The van der Waals surface area contributed by atoms with Crippen molar-refractivity contribution in [2.45, 2.75) is 25.4 Å². The second-order valence-electron chi connectivity index (χ2n) is 3.94. The van der Waals surface area contributed by atoms with Gasteiger partial charge in [0.25, 0.3) is 0 Å². The van der Waals surface area contributed by atoms with E-state index in [1.54, 1.807) is 12.1 Å². The Kier molecular flexibility index (Phi) is 3.36. The molecule has 16 heavy (non-hydrogen) atoms. The molecule has 0 bridgehead atoms. The van der Waals surface area contributed by atoms with Crippen LogP contribution in [0.15, 0.2) is 18.3 Å². The lowest BCUT2D eigenvalue weighted by molar-refractivity contribution is -0.119. The van der Waals surface area contributed by atoms with Gasteiger partial charge in [-0.1, -0.05) is 0 Å². The molecule has 1 aromatic heterocycles. The van der Waals surface area contributed by atoms with E-state index in [1.807, 2.05) is 0 Å². The molecular weight excluding hydrogens is 206 g/mol. The normalized spacial score (nSPS) is 19.8. The van der Waals surface area contributed by atoms with Gasteiger partial charge in [0, 0.05) is 25.6 Å². The van der Waals surface area contributed by atoms with E-state index in [2.05, 4.69) is 15.6 Å². The molecule has 0 saturated carbocycles. The zero-order chi connectivity index (χ0) is 11.4. The van der Waals surface area contributed by atoms with Crippen molar-refractivity contribution in [2.24, 2.45) is 0 Å². The number of hydrogen-bond acceptors (Lipinski definition) is 4. The molecule has 1 aliphatic heterocycles. The summed E-state index contributed by atoms with van der Waals surface area (Å²) >= 11 is 0. The van der Waals surface area contributed by atoms with Gasteiger partial charge in [-0.2, -0.15) is 0 Å². The summed E-state index contributed by atoms with van der Waals surface area (Å²) in [6.07, 6.45) is 2.95. The van der Waals surface area contributed by atoms with Crippen LogP contribution >= 0.6 is 0 Å². The van der Waals surface area contributed by atoms with Crippen LogP contribution in [0, 0.1) is 0 Å². The highest BCUT2D eigenvalue weighted by molar-refractivity contribution is 5.78. The van der Waals surface area contributed by atoms with E-state index in [9.17, 15) is 4.79 Å². The molecule has 2 heterocycles. The lowest BCUT2D eigenvalue weighted by atomic mass is 10.2. The monoisotopic (exact) mass is 221 g/mol. The van der Waals surface area contributed by atoms with E-state index in [4.69, 9.17) is 5.11 Å². The van der Waals surface area contributed by atoms with Gasteiger partial charge in [-0.05, 0) is 18.6 Å². The third-order valence-electron chi connectivity index (χ3n) is 2.59. The van der Waals surface area contributed by atoms with E-state index in [0.29, 0.717) is 13.0 Å². The largest absolute Gasteiger partial charge is 0.506 e. The predicted octanol–water partition coefficient (Wildman–Crippen LogP) is 0.155. The number of carbonyl (C=O) groups is 1. The SMILES string of the molecule is O=C1CCC(CNCc2ccc(O)cn2)N1. The van der Waals surface area contributed by atoms with Crippen LogP contribution in [-0.4, -0.2) is 28.6 Å². The predicted molar refractivity (Wildman–Crippen MR) is 58.8 cm³/mol. The molecule has 1 aromatic rings. The zero-order valence-electron chi connectivity index (χ0n) is 8.94. The summed E-state index contributed by atoms with van der Waals surface area (Å²) in [6.45, 7) is 1.40. The standard InChI is InChI=1S/C11H15N3O2/c15-10-3-1-8(13-7-10)5-12-6-9-2-4-11(16)14-9/h1,3,7,9,12,15H,2,4-6H2,(H,14,16). The smallest absolute Gasteiger partial charge is 0.220 e. The van der Waals surface area contributed by atoms with Crippen molar-refractivity contribution in [3.8, 4) is 5.75 Å². The summed E-state index contributed by atoms with van der Waals surface area (Å²) < 4.78 is 0. The van der Waals surface area contributed by atoms with Gasteiger partial charge in [0.2, 0.25) is 5.91 Å². The second-order valence-corrected chi connectivity index (χ2v) is 3.94. The fourth-order valence-electron chi connectivity index (χ4n) is 1.73. The summed E-state index contributed by atoms with van der Waals surface area (Å²) in [4.78, 5) is 15.0. The molecule has 1 unspecified atom stereocenters. The number of nitrogens with zero attached hydrogens (tertiary/aromatic N) is 1. The quantitative estimate of drug-likeness (QED) is 0.677. The van der Waals surface area contributed by atoms with Crippen molar-refractivity contribution < 1.29 is 9.90 Å². The van der Waals surface area contributed by atoms with Crippen molar-refractivity contribution >= 4 is 5.91 Å². The maximum Gasteiger partial charge on any atom is 0.220 e. The van der Waals surface area contributed by atoms with Crippen LogP contribution in [-0.2, 0) is 11.3 Å². The first-order valence-corrected chi connectivity index (χ1v) is 5.38. The van der Waals surface area contributed by atoms with Crippen molar-refractivity contribution in [1.82, 2.24) is 15.6 Å². The van der Waals surface area contributed by atoms with Crippen molar-refractivity contribution in [3.63, 3.8) is 0 Å². The third-order valence-corrected chi connectivity index (χ3v) is 2.59. The summed E-state index contributed by atoms with van der Waals surface area (Å²) in [5.41, 5.74) is 0.877. The molecule has 5 heteroatoms. The minimum atomic E-state index is 0.134. The van der Waals surface area contributed by atoms with Gasteiger partial charge >= 0.3 is 0 Å². The van der Waals surface area contributed by atoms with Crippen molar-refractivity contribution in [2.75, 3.05) is 6.54 Å². The Morgan fingerprint density at radius 1 is 1.56 bits per heavy atom. The number of hydrogen-bond donors (Lipinski definition) is 3. The van der Waals surface area contributed by atoms with E-state index in [1.165, 1.54) is 6.20 Å². The fraction of sp³-hybridized carbons (Fsp3) is 0.455. The van der Waals surface area contributed by atoms with Crippen LogP contribution in [0.2, 0.25) is 0 Å². The molecule has 0 aromatic carbocycles. The summed E-state index contributed by atoms with van der Waals surface area (Å²) in [5, 5.41) is 15.2. The topological polar surface area (TPSA) is 74.2 Å². The first-order chi connectivity index (χ1) is 7.74. The van der Waals surface area contributed by atoms with Gasteiger partial charge < -0.3 is 15.7 Å². The summed E-state index contributed by atoms with van der Waals surface area (Å²) in [6, 6.07) is 3.63. The van der Waals surface area contributed by atoms with E-state index >= 15 is 0 Å². The summed E-state index contributed by atoms with van der Waals surface area (Å²) in [5.74, 6) is 0.307. The van der Waals surface area contributed by atoms with Gasteiger partial charge in [0.1, 0.15) is 5.75 Å². The number of amides is 1. The Labute approximate surface area is 93.9 Å². The van der Waals surface area contributed by atoms with Crippen LogP contribution in [0.5, 0.6) is 5.75 Å². The number of pyridine rings is 1. The Bertz CT molecular complexity index is 364. The Hall–Kier alpha value is -1.62. The van der Waals surface area contributed by atoms with Crippen molar-refractivity contribution in [3.05, 3.63) is 24.0 Å². The molecule has 1 saturated heterocycles. The van der Waals surface area contributed by atoms with Gasteiger partial charge in [0.15, 0.2) is 0 Å². The maximum absolute atomic E-state index is 10.9. The molecule has 0 aliphatic carbocycles. The first kappa shape index (κ1) is 10.9. The van der Waals surface area contributed by atoms with Gasteiger partial charge in [-0.3, -0.25) is 9.78 Å². The van der Waals surface area contributed by atoms with Crippen LogP contribution in [0.1, 0.15) is 18.5 Å². The van der Waals surface area contributed by atoms with E-state index in [-0.39, 0.29) is 17.7 Å². The maximum atomic E-state index is 10.9. The minimum absolute atomic E-state index is 0.134. The third kappa shape index (κ3) is 2.93. The van der Waals surface area contributed by atoms with Gasteiger partial charge in [0.05, 0.1) is 11.9 Å². The molecule has 1 amide bonds. The van der Waals surface area contributed by atoms with Gasteiger partial charge in [-0.15, -0.1) is 0 Å². The molecule has 0 spiro atoms. The van der Waals surface area contributed by atoms with Crippen molar-refractivity contribution in [1.29, 1.82) is 0 Å². The van der Waals surface area contributed by atoms with Crippen LogP contribution in [0.4, 0.5) is 0 Å². The first-order valence-electron chi connectivity index (χ1n) is 5.38. The van der Waals surface area contributed by atoms with E-state index < -0.39 is 0 Å². The molecule has 1 aliphatic rings. The molecule has 1 atom stereocenters. The zero-order valence-corrected chi connectivity index (χ0v) is 8.94. The number of rotatable bonds is 4. The Morgan fingerprint density at radius 3 is 3.06 bits per heavy atom. The lowest BCUT2D eigenvalue weighted by Gasteiger charge is -2.10. The molecule has 86 valence electrons. The molecule has 5 nitrogen and oxygen atoms in total. The van der Waals surface area contributed by atoms with Crippen LogP contribution < -0.4 is 10.6 Å². The summed E-state index contributed by atoms with van der Waals surface area (Å²) in [7, 11) is 0. The van der Waals surface area contributed by atoms with Gasteiger partial charge in [-0.25, -0.2) is 0 Å². The Balaban J connectivity index is 1.72. The molecule has 0 radical (unpaired) electrons. The molecule has 3 N–H and O–H groups in total. The number of aromatic nitrogens is 1. The second kappa shape index (κ2) is 4.94. The Morgan fingerprint density at radius 2 is 2.44 bits per heavy atom.